The van der Waals surface area contributed by atoms with Crippen LogP contribution in [0.5, 0.6) is 5.75 Å². The predicted octanol–water partition coefficient (Wildman–Crippen LogP) is 5.59. The van der Waals surface area contributed by atoms with E-state index in [1.807, 2.05) is 6.92 Å². The molecular formula is C28H26N6O7S. The van der Waals surface area contributed by atoms with Crippen molar-refractivity contribution in [1.82, 2.24) is 5.01 Å². The van der Waals surface area contributed by atoms with Gasteiger partial charge in [0.1, 0.15) is 16.7 Å². The van der Waals surface area contributed by atoms with E-state index >= 15 is 0 Å². The molecule has 0 unspecified atom stereocenters. The number of hydrogen-bond donors (Lipinski definition) is 1. The number of ether oxygens (including phenoxy) is 1. The van der Waals surface area contributed by atoms with Crippen LogP contribution in [0.2, 0.25) is 0 Å². The molecule has 4 rings (SSSR count). The van der Waals surface area contributed by atoms with E-state index < -0.39 is 26.9 Å². The van der Waals surface area contributed by atoms with Crippen LogP contribution in [0.1, 0.15) is 31.4 Å². The van der Waals surface area contributed by atoms with Crippen molar-refractivity contribution in [2.24, 2.45) is 10.1 Å². The van der Waals surface area contributed by atoms with Crippen LogP contribution in [-0.4, -0.2) is 49.4 Å². The van der Waals surface area contributed by atoms with Crippen molar-refractivity contribution < 1.29 is 24.2 Å². The molecule has 0 bridgehead atoms. The smallest absolute Gasteiger partial charge is 0.293 e. The molecule has 1 aliphatic heterocycles. The zero-order valence-electron chi connectivity index (χ0n) is 22.8. The summed E-state index contributed by atoms with van der Waals surface area (Å²) in [5, 5.41) is 29.9. The molecule has 3 aromatic rings. The fourth-order valence-electron chi connectivity index (χ4n) is 3.95. The van der Waals surface area contributed by atoms with Crippen LogP contribution in [0.25, 0.3) is 0 Å². The Kier molecular flexibility index (Phi) is 9.27. The second kappa shape index (κ2) is 13.0. The van der Waals surface area contributed by atoms with Crippen LogP contribution in [0.3, 0.4) is 0 Å². The number of rotatable bonds is 10. The topological polar surface area (TPSA) is 170 Å². The van der Waals surface area contributed by atoms with Crippen molar-refractivity contribution in [3.8, 4) is 5.75 Å². The number of aryl methyl sites for hydroxylation is 1. The molecule has 1 atom stereocenters. The highest BCUT2D eigenvalue weighted by atomic mass is 32.2. The Morgan fingerprint density at radius 1 is 1.05 bits per heavy atom. The van der Waals surface area contributed by atoms with Crippen LogP contribution in [0.15, 0.2) is 76.8 Å². The monoisotopic (exact) mass is 590 g/mol. The molecule has 0 saturated carbocycles. The van der Waals surface area contributed by atoms with Crippen molar-refractivity contribution in [2.75, 3.05) is 11.9 Å². The minimum Gasteiger partial charge on any atom is -0.494 e. The maximum atomic E-state index is 13.5. The first-order chi connectivity index (χ1) is 20.0. The van der Waals surface area contributed by atoms with Crippen LogP contribution >= 0.6 is 11.8 Å². The predicted molar refractivity (Wildman–Crippen MR) is 159 cm³/mol. The van der Waals surface area contributed by atoms with E-state index in [-0.39, 0.29) is 28.7 Å². The highest BCUT2D eigenvalue weighted by Gasteiger charge is 2.40. The summed E-state index contributed by atoms with van der Waals surface area (Å²) in [7, 11) is 0. The minimum absolute atomic E-state index is 0.0261. The molecule has 42 heavy (non-hydrogen) atoms. The number of thioether (sulfide) groups is 1. The lowest BCUT2D eigenvalue weighted by Gasteiger charge is -2.12. The number of nitrogens with one attached hydrogen (secondary N) is 1. The van der Waals surface area contributed by atoms with Crippen LogP contribution in [0.4, 0.5) is 22.7 Å². The molecule has 2 amide bonds. The lowest BCUT2D eigenvalue weighted by molar-refractivity contribution is -0.384. The number of hydrazone groups is 1. The van der Waals surface area contributed by atoms with Gasteiger partial charge in [0.05, 0.1) is 27.9 Å². The molecule has 14 heteroatoms. The van der Waals surface area contributed by atoms with Crippen molar-refractivity contribution in [1.29, 1.82) is 0 Å². The van der Waals surface area contributed by atoms with Crippen molar-refractivity contribution in [3.05, 3.63) is 98.1 Å². The first-order valence-electron chi connectivity index (χ1n) is 12.7. The Labute approximate surface area is 244 Å². The molecule has 0 aromatic heterocycles. The summed E-state index contributed by atoms with van der Waals surface area (Å²) < 4.78 is 5.46. The second-order valence-corrected chi connectivity index (χ2v) is 10.3. The molecule has 0 spiro atoms. The van der Waals surface area contributed by atoms with Crippen molar-refractivity contribution >= 4 is 57.2 Å². The molecule has 1 aliphatic rings. The van der Waals surface area contributed by atoms with E-state index in [0.717, 1.165) is 16.8 Å². The number of nitro benzene ring substituents is 2. The summed E-state index contributed by atoms with van der Waals surface area (Å²) in [5.41, 5.74) is 1.80. The number of nitrogens with zero attached hydrogens (tertiary/aromatic N) is 5. The van der Waals surface area contributed by atoms with Gasteiger partial charge in [-0.25, -0.2) is 4.99 Å². The first-order valence-corrected chi connectivity index (χ1v) is 13.6. The largest absolute Gasteiger partial charge is 0.494 e. The number of anilines is 1. The average Bonchev–Trinajstić information content (AvgIpc) is 3.23. The van der Waals surface area contributed by atoms with E-state index in [1.165, 1.54) is 36.4 Å². The summed E-state index contributed by atoms with van der Waals surface area (Å²) in [5.74, 6) is -0.453. The zero-order chi connectivity index (χ0) is 30.4. The molecule has 0 aliphatic carbocycles. The molecule has 1 heterocycles. The molecule has 1 fully saturated rings. The van der Waals surface area contributed by atoms with Gasteiger partial charge < -0.3 is 10.1 Å². The fraction of sp³-hybridized carbons (Fsp3) is 0.214. The molecule has 13 nitrogen and oxygen atoms in total. The van der Waals surface area contributed by atoms with Gasteiger partial charge in [-0.15, -0.1) is 0 Å². The SMILES string of the molecule is CCOc1ccc(N=C2S[C@@H](CC(=O)Nc3ccc(C)cc3[N+](=O)[O-])C(=O)N2/N=C(/C)c2ccc([N+](=O)[O-])cc2)cc1. The highest BCUT2D eigenvalue weighted by molar-refractivity contribution is 8.15. The van der Waals surface area contributed by atoms with Crippen molar-refractivity contribution in [3.63, 3.8) is 0 Å². The summed E-state index contributed by atoms with van der Waals surface area (Å²) in [6.45, 7) is 5.71. The van der Waals surface area contributed by atoms with E-state index in [9.17, 15) is 29.8 Å². The third-order valence-corrected chi connectivity index (χ3v) is 7.15. The number of carbonyl (C=O) groups excluding carboxylic acids is 2. The molecule has 3 aromatic carbocycles. The Hall–Kier alpha value is -5.11. The number of carbonyl (C=O) groups is 2. The van der Waals surface area contributed by atoms with E-state index in [1.54, 1.807) is 44.2 Å². The number of amidine groups is 1. The molecule has 216 valence electrons. The van der Waals surface area contributed by atoms with Gasteiger partial charge in [0, 0.05) is 24.6 Å². The Morgan fingerprint density at radius 2 is 1.74 bits per heavy atom. The number of amides is 2. The van der Waals surface area contributed by atoms with Gasteiger partial charge in [-0.2, -0.15) is 10.1 Å². The average molecular weight is 591 g/mol. The number of hydrogen-bond acceptors (Lipinski definition) is 10. The number of aliphatic imine (C=N–C) groups is 1. The second-order valence-electron chi connectivity index (χ2n) is 9.10. The van der Waals surface area contributed by atoms with Crippen LogP contribution < -0.4 is 10.1 Å². The molecule has 1 N–H and O–H groups in total. The van der Waals surface area contributed by atoms with Gasteiger partial charge in [0.2, 0.25) is 5.91 Å². The van der Waals surface area contributed by atoms with Crippen LogP contribution in [-0.2, 0) is 9.59 Å². The molecule has 1 saturated heterocycles. The zero-order valence-corrected chi connectivity index (χ0v) is 23.7. The van der Waals surface area contributed by atoms with Gasteiger partial charge in [-0.1, -0.05) is 17.8 Å². The number of nitro groups is 2. The maximum Gasteiger partial charge on any atom is 0.293 e. The minimum atomic E-state index is -0.913. The normalized spacial score (nSPS) is 16.0. The van der Waals surface area contributed by atoms with Gasteiger partial charge >= 0.3 is 0 Å². The lowest BCUT2D eigenvalue weighted by atomic mass is 10.1. The van der Waals surface area contributed by atoms with E-state index in [2.05, 4.69) is 15.4 Å². The van der Waals surface area contributed by atoms with Crippen LogP contribution in [0, 0.1) is 27.2 Å². The van der Waals surface area contributed by atoms with E-state index in [0.29, 0.717) is 34.9 Å². The number of benzene rings is 3. The summed E-state index contributed by atoms with van der Waals surface area (Å²) in [4.78, 5) is 52.3. The van der Waals surface area contributed by atoms with Crippen molar-refractivity contribution in [2.45, 2.75) is 32.4 Å². The molecular weight excluding hydrogens is 564 g/mol. The number of non-ortho nitro benzene ring substituents is 1. The third kappa shape index (κ3) is 7.14. The van der Waals surface area contributed by atoms with Gasteiger partial charge in [0.25, 0.3) is 17.3 Å². The third-order valence-electron chi connectivity index (χ3n) is 6.03. The maximum absolute atomic E-state index is 13.5. The lowest BCUT2D eigenvalue weighted by Crippen LogP contribution is -2.30. The quantitative estimate of drug-likeness (QED) is 0.181. The highest BCUT2D eigenvalue weighted by Crippen LogP contribution is 2.34. The summed E-state index contributed by atoms with van der Waals surface area (Å²) in [6, 6.07) is 17.0. The Morgan fingerprint density at radius 3 is 2.36 bits per heavy atom. The van der Waals surface area contributed by atoms with E-state index in [4.69, 9.17) is 4.74 Å². The van der Waals surface area contributed by atoms with Gasteiger partial charge in [-0.3, -0.25) is 29.8 Å². The summed E-state index contributed by atoms with van der Waals surface area (Å²) in [6.07, 6.45) is -0.292. The Balaban J connectivity index is 1.61. The Bertz CT molecular complexity index is 1590. The molecule has 0 radical (unpaired) electrons. The van der Waals surface area contributed by atoms with Gasteiger partial charge in [-0.05, 0) is 74.4 Å². The fourth-order valence-corrected chi connectivity index (χ4v) is 5.03. The first kappa shape index (κ1) is 29.9. The summed E-state index contributed by atoms with van der Waals surface area (Å²) >= 11 is 1.04. The standard InChI is InChI=1S/C28H26N6O7S/c1-4-41-22-12-8-20(9-13-22)29-28-32(31-18(3)19-6-10-21(11-7-19)33(37)38)27(36)25(42-28)16-26(35)30-23-14-5-17(2)15-24(23)34(39)40/h5-15,25H,4,16H2,1-3H3,(H,30,35)/b29-28?,31-18-/t25-/m0/s1. The van der Waals surface area contributed by atoms with Gasteiger partial charge in [0.15, 0.2) is 5.17 Å².